The van der Waals surface area contributed by atoms with Crippen molar-refractivity contribution < 1.29 is 36.6 Å². The Morgan fingerprint density at radius 3 is 2.45 bits per heavy atom. The average Bonchev–Trinajstić information content (AvgIpc) is 3.38. The Kier molecular flexibility index (Phi) is 6.21. The fourth-order valence-corrected chi connectivity index (χ4v) is 3.57. The predicted octanol–water partition coefficient (Wildman–Crippen LogP) is 4.96. The van der Waals surface area contributed by atoms with Crippen LogP contribution in [0.2, 0.25) is 5.02 Å². The van der Waals surface area contributed by atoms with Crippen LogP contribution in [-0.2, 0) is 15.9 Å². The summed E-state index contributed by atoms with van der Waals surface area (Å²) in [7, 11) is 0. The second kappa shape index (κ2) is 8.27. The highest BCUT2D eigenvalue weighted by molar-refractivity contribution is 6.30. The summed E-state index contributed by atoms with van der Waals surface area (Å²) in [5, 5.41) is 13.4. The lowest BCUT2D eigenvalue weighted by Crippen LogP contribution is -2.39. The molecule has 1 fully saturated rings. The number of hydrogen-bond donors (Lipinski definition) is 2. The molecule has 0 radical (unpaired) electrons. The number of ether oxygens (including phenoxy) is 1. The van der Waals surface area contributed by atoms with Crippen molar-refractivity contribution in [2.75, 3.05) is 6.61 Å². The normalized spacial score (nSPS) is 17.0. The number of carbonyl (C=O) groups excluding carboxylic acids is 1. The fourth-order valence-electron chi connectivity index (χ4n) is 3.34. The Balaban J connectivity index is 1.73. The van der Waals surface area contributed by atoms with Gasteiger partial charge >= 0.3 is 6.18 Å². The second-order valence-corrected chi connectivity index (χ2v) is 8.22. The van der Waals surface area contributed by atoms with Crippen LogP contribution in [0, 0.1) is 11.6 Å². The second-order valence-electron chi connectivity index (χ2n) is 7.78. The Labute approximate surface area is 180 Å². The Hall–Kier alpha value is -2.39. The quantitative estimate of drug-likeness (QED) is 0.570. The van der Waals surface area contributed by atoms with Crippen LogP contribution in [0.25, 0.3) is 0 Å². The van der Waals surface area contributed by atoms with Gasteiger partial charge in [0.25, 0.3) is 0 Å². The highest BCUT2D eigenvalue weighted by atomic mass is 35.5. The van der Waals surface area contributed by atoms with Crippen molar-refractivity contribution in [1.82, 2.24) is 5.32 Å². The maximum Gasteiger partial charge on any atom is 0.422 e. The first-order valence-corrected chi connectivity index (χ1v) is 9.67. The molecular formula is C21H19ClF5NO3. The lowest BCUT2D eigenvalue weighted by Gasteiger charge is -2.26. The van der Waals surface area contributed by atoms with E-state index < -0.39 is 47.9 Å². The SMILES string of the molecule is CC(O)(CC(=O)NC1(c2cc(Cl)cc(OCC(F)(F)F)c2)CC1)c1ccc(F)cc1F. The summed E-state index contributed by atoms with van der Waals surface area (Å²) in [4.78, 5) is 12.6. The molecule has 0 spiro atoms. The van der Waals surface area contributed by atoms with Crippen molar-refractivity contribution in [3.8, 4) is 5.75 Å². The van der Waals surface area contributed by atoms with Gasteiger partial charge in [0, 0.05) is 16.7 Å². The molecule has 0 aliphatic heterocycles. The van der Waals surface area contributed by atoms with Crippen LogP contribution in [0.4, 0.5) is 22.0 Å². The van der Waals surface area contributed by atoms with Crippen LogP contribution in [0.15, 0.2) is 36.4 Å². The molecule has 2 aromatic rings. The summed E-state index contributed by atoms with van der Waals surface area (Å²) in [6.45, 7) is -0.261. The number of aliphatic hydroxyl groups is 1. The number of alkyl halides is 3. The molecule has 4 nitrogen and oxygen atoms in total. The van der Waals surface area contributed by atoms with E-state index in [0.717, 1.165) is 12.1 Å². The van der Waals surface area contributed by atoms with Gasteiger partial charge in [0.05, 0.1) is 17.6 Å². The highest BCUT2D eigenvalue weighted by Crippen LogP contribution is 2.47. The summed E-state index contributed by atoms with van der Waals surface area (Å²) < 4.78 is 69.1. The zero-order valence-electron chi connectivity index (χ0n) is 16.3. The van der Waals surface area contributed by atoms with Gasteiger partial charge in [0.15, 0.2) is 6.61 Å². The van der Waals surface area contributed by atoms with Gasteiger partial charge in [-0.3, -0.25) is 4.79 Å². The van der Waals surface area contributed by atoms with Gasteiger partial charge in [-0.25, -0.2) is 8.78 Å². The molecular weight excluding hydrogens is 445 g/mol. The lowest BCUT2D eigenvalue weighted by atomic mass is 9.91. The number of hydrogen-bond acceptors (Lipinski definition) is 3. The van der Waals surface area contributed by atoms with E-state index in [4.69, 9.17) is 16.3 Å². The maximum absolute atomic E-state index is 14.0. The summed E-state index contributed by atoms with van der Waals surface area (Å²) >= 11 is 6.00. The molecule has 0 heterocycles. The number of halogens is 6. The summed E-state index contributed by atoms with van der Waals surface area (Å²) in [6, 6.07) is 6.75. The predicted molar refractivity (Wildman–Crippen MR) is 103 cm³/mol. The maximum atomic E-state index is 14.0. The van der Waals surface area contributed by atoms with E-state index in [1.54, 1.807) is 0 Å². The third-order valence-electron chi connectivity index (χ3n) is 4.97. The molecule has 3 rings (SSSR count). The Morgan fingerprint density at radius 2 is 1.87 bits per heavy atom. The number of carbonyl (C=O) groups is 1. The molecule has 2 aromatic carbocycles. The van der Waals surface area contributed by atoms with E-state index in [1.165, 1.54) is 25.1 Å². The van der Waals surface area contributed by atoms with Crippen LogP contribution in [0.3, 0.4) is 0 Å². The van der Waals surface area contributed by atoms with E-state index in [0.29, 0.717) is 24.5 Å². The lowest BCUT2D eigenvalue weighted by molar-refractivity contribution is -0.153. The number of benzene rings is 2. The molecule has 0 saturated heterocycles. The van der Waals surface area contributed by atoms with Crippen molar-refractivity contribution in [2.45, 2.75) is 43.5 Å². The van der Waals surface area contributed by atoms with Gasteiger partial charge < -0.3 is 15.2 Å². The first-order valence-electron chi connectivity index (χ1n) is 9.29. The van der Waals surface area contributed by atoms with Gasteiger partial charge in [-0.15, -0.1) is 0 Å². The van der Waals surface area contributed by atoms with E-state index >= 15 is 0 Å². The van der Waals surface area contributed by atoms with Gasteiger partial charge in [-0.2, -0.15) is 13.2 Å². The summed E-state index contributed by atoms with van der Waals surface area (Å²) in [6.07, 6.45) is -4.06. The van der Waals surface area contributed by atoms with Gasteiger partial charge in [-0.05, 0) is 49.6 Å². The molecule has 1 unspecified atom stereocenters. The number of rotatable bonds is 7. The molecule has 2 N–H and O–H groups in total. The Bertz CT molecular complexity index is 989. The van der Waals surface area contributed by atoms with E-state index in [2.05, 4.69) is 5.32 Å². The van der Waals surface area contributed by atoms with Crippen molar-refractivity contribution in [1.29, 1.82) is 0 Å². The van der Waals surface area contributed by atoms with Gasteiger partial charge in [0.2, 0.25) is 5.91 Å². The smallest absolute Gasteiger partial charge is 0.422 e. The molecule has 10 heteroatoms. The van der Waals surface area contributed by atoms with Crippen molar-refractivity contribution in [3.05, 3.63) is 64.2 Å². The van der Waals surface area contributed by atoms with Gasteiger partial charge in [-0.1, -0.05) is 17.7 Å². The minimum atomic E-state index is -4.52. The molecule has 168 valence electrons. The standard InChI is InChI=1S/C21H19ClF5NO3/c1-19(30,16-3-2-14(23)9-17(16)24)10-18(29)28-20(4-5-20)12-6-13(22)8-15(7-12)31-11-21(25,26)27/h2-3,6-9,30H,4-5,10-11H2,1H3,(H,28,29). The minimum absolute atomic E-state index is 0.0965. The molecule has 0 aromatic heterocycles. The molecule has 1 atom stereocenters. The van der Waals surface area contributed by atoms with Crippen LogP contribution < -0.4 is 10.1 Å². The molecule has 1 saturated carbocycles. The monoisotopic (exact) mass is 463 g/mol. The third kappa shape index (κ3) is 5.86. The van der Waals surface area contributed by atoms with E-state index in [9.17, 15) is 31.9 Å². The first kappa shape index (κ1) is 23.3. The Morgan fingerprint density at radius 1 is 1.19 bits per heavy atom. The molecule has 1 aliphatic carbocycles. The summed E-state index contributed by atoms with van der Waals surface area (Å²) in [5.74, 6) is -2.52. The van der Waals surface area contributed by atoms with Crippen LogP contribution in [0.1, 0.15) is 37.3 Å². The van der Waals surface area contributed by atoms with Gasteiger partial charge in [0.1, 0.15) is 17.4 Å². The first-order chi connectivity index (χ1) is 14.3. The molecule has 1 aliphatic rings. The van der Waals surface area contributed by atoms with Crippen molar-refractivity contribution in [2.24, 2.45) is 0 Å². The van der Waals surface area contributed by atoms with E-state index in [1.807, 2.05) is 0 Å². The average molecular weight is 464 g/mol. The van der Waals surface area contributed by atoms with Crippen molar-refractivity contribution >= 4 is 17.5 Å². The molecule has 0 bridgehead atoms. The minimum Gasteiger partial charge on any atom is -0.484 e. The molecule has 31 heavy (non-hydrogen) atoms. The highest BCUT2D eigenvalue weighted by Gasteiger charge is 2.47. The number of nitrogens with one attached hydrogen (secondary N) is 1. The van der Waals surface area contributed by atoms with Crippen LogP contribution >= 0.6 is 11.6 Å². The number of amides is 1. The topological polar surface area (TPSA) is 58.6 Å². The van der Waals surface area contributed by atoms with Crippen LogP contribution in [-0.4, -0.2) is 23.8 Å². The largest absolute Gasteiger partial charge is 0.484 e. The summed E-state index contributed by atoms with van der Waals surface area (Å²) in [5.41, 5.74) is -2.57. The van der Waals surface area contributed by atoms with Crippen LogP contribution in [0.5, 0.6) is 5.75 Å². The third-order valence-corrected chi connectivity index (χ3v) is 5.19. The zero-order chi connectivity index (χ0) is 23.0. The zero-order valence-corrected chi connectivity index (χ0v) is 17.1. The van der Waals surface area contributed by atoms with E-state index in [-0.39, 0.29) is 16.3 Å². The molecule has 1 amide bonds. The van der Waals surface area contributed by atoms with Crippen molar-refractivity contribution in [3.63, 3.8) is 0 Å². The fraction of sp³-hybridized carbons (Fsp3) is 0.381.